The number of nitrogens with one attached hydrogen (secondary N) is 1. The normalized spacial score (nSPS) is 17.2. The number of halogens is 1. The molecule has 0 bridgehead atoms. The molecule has 1 aliphatic rings. The highest BCUT2D eigenvalue weighted by Crippen LogP contribution is 2.31. The molecule has 3 aromatic rings. The number of rotatable bonds is 9. The van der Waals surface area contributed by atoms with Crippen molar-refractivity contribution in [1.82, 2.24) is 20.0 Å². The minimum atomic E-state index is -0.640. The quantitative estimate of drug-likeness (QED) is 0.484. The Balaban J connectivity index is 1.41. The number of ether oxygens (including phenoxy) is 1. The number of hydrogen-bond donors (Lipinski definition) is 1. The summed E-state index contributed by atoms with van der Waals surface area (Å²) in [6.07, 6.45) is 1.97. The molecule has 2 heterocycles. The van der Waals surface area contributed by atoms with Crippen LogP contribution in [0.5, 0.6) is 5.75 Å². The topological polar surface area (TPSA) is 76.5 Å². The van der Waals surface area contributed by atoms with Crippen molar-refractivity contribution < 1.29 is 18.7 Å². The van der Waals surface area contributed by atoms with Crippen molar-refractivity contribution in [3.63, 3.8) is 0 Å². The van der Waals surface area contributed by atoms with E-state index in [4.69, 9.17) is 4.74 Å². The summed E-state index contributed by atoms with van der Waals surface area (Å²) in [5.74, 6) is -0.0202. The lowest BCUT2D eigenvalue weighted by Crippen LogP contribution is -2.44. The molecule has 0 saturated carbocycles. The molecule has 190 valence electrons. The van der Waals surface area contributed by atoms with Gasteiger partial charge >= 0.3 is 0 Å². The molecule has 0 radical (unpaired) electrons. The van der Waals surface area contributed by atoms with E-state index in [1.165, 1.54) is 13.2 Å². The first-order valence-electron chi connectivity index (χ1n) is 12.2. The Morgan fingerprint density at radius 3 is 2.67 bits per heavy atom. The van der Waals surface area contributed by atoms with E-state index in [9.17, 15) is 14.0 Å². The van der Waals surface area contributed by atoms with Crippen molar-refractivity contribution in [3.05, 3.63) is 76.9 Å². The molecule has 0 aliphatic carbocycles. The second kappa shape index (κ2) is 10.5. The lowest BCUT2D eigenvalue weighted by atomic mass is 9.84. The van der Waals surface area contributed by atoms with Gasteiger partial charge < -0.3 is 15.0 Å². The number of carbonyl (C=O) groups is 2. The summed E-state index contributed by atoms with van der Waals surface area (Å²) in [5.41, 5.74) is 3.81. The SMILES string of the molecule is COc1ccc(CC2(CCC(=O)N(C)Cc3cccc(-n4nc(C)cc4C)c3)CCC(=O)N2)c(F)c1. The minimum Gasteiger partial charge on any atom is -0.497 e. The number of hydrogen-bond acceptors (Lipinski definition) is 4. The fraction of sp³-hybridized carbons (Fsp3) is 0.393. The molecule has 0 spiro atoms. The van der Waals surface area contributed by atoms with Gasteiger partial charge in [0.05, 0.1) is 18.5 Å². The van der Waals surface area contributed by atoms with Crippen molar-refractivity contribution in [2.24, 2.45) is 0 Å². The second-order valence-corrected chi connectivity index (χ2v) is 9.72. The molecule has 2 amide bonds. The Labute approximate surface area is 211 Å². The van der Waals surface area contributed by atoms with Crippen LogP contribution in [0.15, 0.2) is 48.5 Å². The molecule has 1 atom stereocenters. The van der Waals surface area contributed by atoms with E-state index in [1.807, 2.05) is 48.9 Å². The average molecular weight is 493 g/mol. The van der Waals surface area contributed by atoms with Crippen LogP contribution >= 0.6 is 0 Å². The van der Waals surface area contributed by atoms with Gasteiger partial charge in [-0.15, -0.1) is 0 Å². The summed E-state index contributed by atoms with van der Waals surface area (Å²) in [6, 6.07) is 14.8. The zero-order chi connectivity index (χ0) is 25.9. The van der Waals surface area contributed by atoms with Gasteiger partial charge in [0.2, 0.25) is 11.8 Å². The molecular weight excluding hydrogens is 459 g/mol. The molecule has 8 heteroatoms. The van der Waals surface area contributed by atoms with Crippen LogP contribution in [-0.2, 0) is 22.6 Å². The number of nitrogens with zero attached hydrogens (tertiary/aromatic N) is 3. The summed E-state index contributed by atoms with van der Waals surface area (Å²) < 4.78 is 21.6. The molecule has 1 fully saturated rings. The zero-order valence-electron chi connectivity index (χ0n) is 21.3. The third kappa shape index (κ3) is 5.75. The maximum Gasteiger partial charge on any atom is 0.222 e. The van der Waals surface area contributed by atoms with Gasteiger partial charge in [-0.25, -0.2) is 9.07 Å². The molecule has 1 N–H and O–H groups in total. The fourth-order valence-corrected chi connectivity index (χ4v) is 4.92. The number of benzene rings is 2. The molecule has 2 aromatic carbocycles. The van der Waals surface area contributed by atoms with Crippen molar-refractivity contribution in [3.8, 4) is 11.4 Å². The first-order valence-corrected chi connectivity index (χ1v) is 12.2. The summed E-state index contributed by atoms with van der Waals surface area (Å²) in [5, 5.41) is 7.57. The highest BCUT2D eigenvalue weighted by atomic mass is 19.1. The Kier molecular flexibility index (Phi) is 7.43. The molecule has 7 nitrogen and oxygen atoms in total. The molecule has 1 aliphatic heterocycles. The van der Waals surface area contributed by atoms with Crippen molar-refractivity contribution in [2.75, 3.05) is 14.2 Å². The van der Waals surface area contributed by atoms with Crippen LogP contribution in [0.25, 0.3) is 5.69 Å². The van der Waals surface area contributed by atoms with E-state index in [0.717, 1.165) is 22.6 Å². The van der Waals surface area contributed by atoms with E-state index in [-0.39, 0.29) is 24.1 Å². The van der Waals surface area contributed by atoms with Crippen LogP contribution in [0.2, 0.25) is 0 Å². The van der Waals surface area contributed by atoms with Crippen molar-refractivity contribution in [2.45, 2.75) is 58.0 Å². The van der Waals surface area contributed by atoms with Gasteiger partial charge in [0.15, 0.2) is 0 Å². The monoisotopic (exact) mass is 492 g/mol. The number of methoxy groups -OCH3 is 1. The van der Waals surface area contributed by atoms with Gasteiger partial charge in [-0.05, 0) is 68.5 Å². The van der Waals surface area contributed by atoms with Gasteiger partial charge in [0.1, 0.15) is 11.6 Å². The predicted octanol–water partition coefficient (Wildman–Crippen LogP) is 4.27. The summed E-state index contributed by atoms with van der Waals surface area (Å²) in [6.45, 7) is 4.43. The van der Waals surface area contributed by atoms with E-state index in [0.29, 0.717) is 43.5 Å². The van der Waals surface area contributed by atoms with Crippen LogP contribution < -0.4 is 10.1 Å². The summed E-state index contributed by atoms with van der Waals surface area (Å²) in [4.78, 5) is 26.8. The van der Waals surface area contributed by atoms with Crippen LogP contribution in [0.3, 0.4) is 0 Å². The first-order chi connectivity index (χ1) is 17.2. The number of amides is 2. The van der Waals surface area contributed by atoms with Gasteiger partial charge in [-0.2, -0.15) is 5.10 Å². The van der Waals surface area contributed by atoms with Gasteiger partial charge in [0, 0.05) is 43.7 Å². The first kappa shape index (κ1) is 25.4. The average Bonchev–Trinajstić information content (AvgIpc) is 3.39. The van der Waals surface area contributed by atoms with E-state index in [1.54, 1.807) is 24.1 Å². The largest absolute Gasteiger partial charge is 0.497 e. The van der Waals surface area contributed by atoms with Gasteiger partial charge in [-0.3, -0.25) is 9.59 Å². The number of carbonyl (C=O) groups excluding carboxylic acids is 2. The summed E-state index contributed by atoms with van der Waals surface area (Å²) in [7, 11) is 3.27. The van der Waals surface area contributed by atoms with Gasteiger partial charge in [0.25, 0.3) is 0 Å². The summed E-state index contributed by atoms with van der Waals surface area (Å²) >= 11 is 0. The molecule has 1 aromatic heterocycles. The van der Waals surface area contributed by atoms with E-state index in [2.05, 4.69) is 10.4 Å². The fourth-order valence-electron chi connectivity index (χ4n) is 4.92. The lowest BCUT2D eigenvalue weighted by Gasteiger charge is -2.30. The van der Waals surface area contributed by atoms with Crippen molar-refractivity contribution >= 4 is 11.8 Å². The maximum atomic E-state index is 14.6. The highest BCUT2D eigenvalue weighted by Gasteiger charge is 2.38. The standard InChI is InChI=1S/C28H33FN4O3/c1-19-14-20(2)33(31-19)23-7-5-6-21(15-23)18-32(3)27(35)11-13-28(12-10-26(34)30-28)17-22-8-9-24(36-4)16-25(22)29/h5-9,14-16H,10-13,17-18H2,1-4H3,(H,30,34). The van der Waals surface area contributed by atoms with Crippen LogP contribution in [-0.4, -0.2) is 46.2 Å². The molecule has 4 rings (SSSR count). The molecule has 1 saturated heterocycles. The second-order valence-electron chi connectivity index (χ2n) is 9.72. The smallest absolute Gasteiger partial charge is 0.222 e. The highest BCUT2D eigenvalue weighted by molar-refractivity contribution is 5.80. The minimum absolute atomic E-state index is 0.0257. The number of aromatic nitrogens is 2. The Morgan fingerprint density at radius 2 is 2.03 bits per heavy atom. The zero-order valence-corrected chi connectivity index (χ0v) is 21.3. The Morgan fingerprint density at radius 1 is 1.22 bits per heavy atom. The predicted molar refractivity (Wildman–Crippen MR) is 136 cm³/mol. The molecule has 36 heavy (non-hydrogen) atoms. The van der Waals surface area contributed by atoms with E-state index >= 15 is 0 Å². The Hall–Kier alpha value is -3.68. The van der Waals surface area contributed by atoms with Crippen LogP contribution in [0.1, 0.15) is 48.2 Å². The third-order valence-corrected chi connectivity index (χ3v) is 6.85. The third-order valence-electron chi connectivity index (χ3n) is 6.85. The van der Waals surface area contributed by atoms with Crippen LogP contribution in [0, 0.1) is 19.7 Å². The van der Waals surface area contributed by atoms with Crippen molar-refractivity contribution in [1.29, 1.82) is 0 Å². The lowest BCUT2D eigenvalue weighted by molar-refractivity contribution is -0.131. The molecular formula is C28H33FN4O3. The Bertz CT molecular complexity index is 1270. The maximum absolute atomic E-state index is 14.6. The van der Waals surface area contributed by atoms with Gasteiger partial charge in [-0.1, -0.05) is 18.2 Å². The van der Waals surface area contributed by atoms with E-state index < -0.39 is 5.54 Å². The molecule has 1 unspecified atom stereocenters. The number of aryl methyl sites for hydroxylation is 2. The van der Waals surface area contributed by atoms with Crippen LogP contribution in [0.4, 0.5) is 4.39 Å².